The van der Waals surface area contributed by atoms with Gasteiger partial charge >= 0.3 is 96.9 Å². The number of hydrogen-bond donors (Lipinski definition) is 4. The normalized spacial score (nSPS) is 14.9. The zero-order valence-electron chi connectivity index (χ0n) is 19.7. The summed E-state index contributed by atoms with van der Waals surface area (Å²) in [5.41, 5.74) is 10.1. The second-order valence-electron chi connectivity index (χ2n) is 7.43. The summed E-state index contributed by atoms with van der Waals surface area (Å²) in [6.07, 6.45) is 3.16. The van der Waals surface area contributed by atoms with Gasteiger partial charge in [-0.05, 0) is 71.2 Å². The van der Waals surface area contributed by atoms with E-state index in [1.807, 2.05) is 0 Å². The predicted octanol–water partition coefficient (Wildman–Crippen LogP) is -5.78. The monoisotopic (exact) mass is 627 g/mol. The van der Waals surface area contributed by atoms with Crippen molar-refractivity contribution in [3.63, 3.8) is 0 Å². The summed E-state index contributed by atoms with van der Waals surface area (Å²) >= 11 is 0. The van der Waals surface area contributed by atoms with Crippen LogP contribution >= 0.6 is 0 Å². The third kappa shape index (κ3) is 8.47. The van der Waals surface area contributed by atoms with Crippen LogP contribution in [0.4, 0.5) is 11.4 Å². The smallest absolute Gasteiger partial charge is 1.00 e. The molecule has 6 N–H and O–H groups in total. The van der Waals surface area contributed by atoms with E-state index < -0.39 is 50.8 Å². The third-order valence-corrected chi connectivity index (χ3v) is 7.69. The molecule has 18 heteroatoms. The predicted molar refractivity (Wildman–Crippen MR) is 133 cm³/mol. The number of allylic oxidation sites excluding steroid dienone is 5. The molecule has 0 bridgehead atoms. The zero-order valence-corrected chi connectivity index (χ0v) is 26.2. The van der Waals surface area contributed by atoms with Crippen LogP contribution < -0.4 is 70.6 Å². The summed E-state index contributed by atoms with van der Waals surface area (Å²) in [6, 6.07) is 5.52. The van der Waals surface area contributed by atoms with E-state index in [0.717, 1.165) is 30.4 Å². The fraction of sp³-hybridized carbons (Fsp3) is 0.0500. The number of benzene rings is 2. The van der Waals surface area contributed by atoms with Gasteiger partial charge in [-0.2, -0.15) is 8.42 Å². The molecule has 0 spiro atoms. The Morgan fingerprint density at radius 3 is 1.89 bits per heavy atom. The fourth-order valence-electron chi connectivity index (χ4n) is 3.41. The van der Waals surface area contributed by atoms with E-state index in [4.69, 9.17) is 16.9 Å². The van der Waals surface area contributed by atoms with Gasteiger partial charge in [-0.15, -0.1) is 0 Å². The molecule has 3 rings (SSSR count). The van der Waals surface area contributed by atoms with E-state index in [2.05, 4.69) is 0 Å². The molecule has 0 aliphatic heterocycles. The minimum atomic E-state index is -5.07. The summed E-state index contributed by atoms with van der Waals surface area (Å²) in [7, 11) is -15.0. The number of nitrogens with two attached hydrogens (primary N) is 2. The molecule has 0 amide bonds. The van der Waals surface area contributed by atoms with Crippen LogP contribution in [0, 0.1) is 12.3 Å². The van der Waals surface area contributed by atoms with E-state index in [-0.39, 0.29) is 136 Å². The first-order valence-electron chi connectivity index (χ1n) is 9.34. The maximum atomic E-state index is 11.8. The van der Waals surface area contributed by atoms with Crippen LogP contribution in [-0.4, -0.2) is 82.4 Å². The second-order valence-corrected chi connectivity index (χ2v) is 11.5. The van der Waals surface area contributed by atoms with E-state index >= 15 is 0 Å². The van der Waals surface area contributed by atoms with Crippen LogP contribution in [0.15, 0.2) is 68.8 Å². The van der Waals surface area contributed by atoms with Gasteiger partial charge in [-0.3, -0.25) is 9.96 Å². The van der Waals surface area contributed by atoms with Crippen molar-refractivity contribution in [2.24, 2.45) is 0 Å². The Bertz CT molecular complexity index is 1720. The molecular weight excluding hydrogens is 608 g/mol. The molecule has 2 aromatic rings. The molecule has 38 heavy (non-hydrogen) atoms. The first kappa shape index (κ1) is 37.9. The first-order chi connectivity index (χ1) is 15.9. The van der Waals surface area contributed by atoms with E-state index in [1.54, 1.807) is 0 Å². The van der Waals surface area contributed by atoms with Crippen molar-refractivity contribution >= 4 is 90.8 Å². The molecule has 1 aliphatic rings. The minimum absolute atomic E-state index is 0. The van der Waals surface area contributed by atoms with E-state index in [1.165, 1.54) is 25.1 Å². The number of hydrogen-bond acceptors (Lipinski definition) is 11. The Morgan fingerprint density at radius 1 is 0.868 bits per heavy atom. The molecule has 0 saturated carbocycles. The van der Waals surface area contributed by atoms with Crippen molar-refractivity contribution in [3.05, 3.63) is 75.7 Å². The van der Waals surface area contributed by atoms with Gasteiger partial charge < -0.3 is 20.6 Å². The van der Waals surface area contributed by atoms with Gasteiger partial charge in [0.05, 0.1) is 21.2 Å². The Balaban J connectivity index is 0.00000456. The summed E-state index contributed by atoms with van der Waals surface area (Å²) in [6.45, 7) is 1.40. The third-order valence-electron chi connectivity index (χ3n) is 5.03. The number of aryl methyl sites for hydroxylation is 1. The summed E-state index contributed by atoms with van der Waals surface area (Å²) in [5, 5.41) is 7.77. The average Bonchev–Trinajstić information content (AvgIpc) is 2.70. The largest absolute Gasteiger partial charge is 1.00 e. The maximum absolute atomic E-state index is 11.8. The van der Waals surface area contributed by atoms with Gasteiger partial charge in [0.1, 0.15) is 25.1 Å². The Labute approximate surface area is 294 Å². The number of anilines is 2. The van der Waals surface area contributed by atoms with Crippen molar-refractivity contribution in [2.75, 3.05) is 11.5 Å². The number of rotatable bonds is 5. The van der Waals surface area contributed by atoms with E-state index in [9.17, 15) is 38.9 Å². The van der Waals surface area contributed by atoms with Crippen LogP contribution in [0.2, 0.25) is 0 Å². The molecular formula is C20H19CaN3Na2O9S3. The molecule has 190 valence electrons. The number of nitrogen functional groups attached to an aromatic ring is 2. The van der Waals surface area contributed by atoms with Gasteiger partial charge in [0.25, 0.3) is 10.1 Å². The molecule has 0 unspecified atom stereocenters. The van der Waals surface area contributed by atoms with Crippen molar-refractivity contribution in [2.45, 2.75) is 16.7 Å². The van der Waals surface area contributed by atoms with Gasteiger partial charge in [0, 0.05) is 5.69 Å². The maximum Gasteiger partial charge on any atom is 1.00 e. The quantitative estimate of drug-likeness (QED) is 0.138. The Hall–Kier alpha value is -0.0803. The molecule has 2 aromatic carbocycles. The van der Waals surface area contributed by atoms with E-state index in [0.29, 0.717) is 0 Å². The zero-order chi connectivity index (χ0) is 26.5. The van der Waals surface area contributed by atoms with Crippen molar-refractivity contribution in [1.82, 2.24) is 0 Å². The summed E-state index contributed by atoms with van der Waals surface area (Å²) < 4.78 is 104. The summed E-state index contributed by atoms with van der Waals surface area (Å²) in [4.78, 5) is -2.39. The van der Waals surface area contributed by atoms with Gasteiger partial charge in [0.2, 0.25) is 0 Å². The molecule has 12 nitrogen and oxygen atoms in total. The Kier molecular flexibility index (Phi) is 13.7. The van der Waals surface area contributed by atoms with Gasteiger partial charge in [-0.25, -0.2) is 16.8 Å². The molecule has 0 fully saturated rings. The fourth-order valence-corrected chi connectivity index (χ4v) is 5.37. The van der Waals surface area contributed by atoms with Crippen LogP contribution in [-0.2, 0) is 30.4 Å². The minimum Gasteiger partial charge on any atom is 1.00 e. The topological polar surface area (TPSA) is 245 Å². The first-order valence-corrected chi connectivity index (χ1v) is 13.6. The summed E-state index contributed by atoms with van der Waals surface area (Å²) in [5.74, 6) is 0. The molecule has 0 atom stereocenters. The second kappa shape index (κ2) is 13.7. The molecule has 0 saturated heterocycles. The average molecular weight is 628 g/mol. The van der Waals surface area contributed by atoms with Crippen LogP contribution in [0.25, 0.3) is 5.57 Å². The molecule has 1 aliphatic carbocycles. The van der Waals surface area contributed by atoms with Crippen LogP contribution in [0.5, 0.6) is 0 Å². The molecule has 0 heterocycles. The van der Waals surface area contributed by atoms with Crippen molar-refractivity contribution < 1.29 is 98.0 Å². The van der Waals surface area contributed by atoms with Crippen LogP contribution in [0.3, 0.4) is 0 Å². The SMILES string of the molecule is Cc1cc(/C(=C2/C=CC(=N)C(S(=O)(=O)O)=C2)c2ccc(N)c(S(=O)(=O)[O-])c2)cc(S(=O)(=O)[O-])c1N.[CaH2].[Na+].[Na+]. The Morgan fingerprint density at radius 2 is 1.39 bits per heavy atom. The number of nitrogens with one attached hydrogen (secondary N) is 1. The van der Waals surface area contributed by atoms with Crippen LogP contribution in [0.1, 0.15) is 16.7 Å². The van der Waals surface area contributed by atoms with Gasteiger partial charge in [0.15, 0.2) is 0 Å². The standard InChI is InChI=1S/C20H19N3O9S3.Ca.2Na.2H/c1-10-6-13(9-18(20(10)23)35(30,31)32)19(11-2-4-14(21)16(7-11)33(24,25)26)12-3-5-15(22)17(8-12)34(27,28)29;;;;;/h2-9,21H,22-23H2,1H3,(H,24,25,26)(H,27,28,29)(H,30,31,32);;;;;/q;;2*+1;;/p-2/b19-11-,21-14?;;;;;. The van der Waals surface area contributed by atoms with Crippen molar-refractivity contribution in [1.29, 1.82) is 5.41 Å². The molecule has 0 aromatic heterocycles. The molecule has 0 radical (unpaired) electrons. The van der Waals surface area contributed by atoms with Crippen molar-refractivity contribution in [3.8, 4) is 0 Å². The van der Waals surface area contributed by atoms with Gasteiger partial charge in [-0.1, -0.05) is 12.1 Å².